The van der Waals surface area contributed by atoms with Crippen molar-refractivity contribution in [2.75, 3.05) is 25.5 Å². The van der Waals surface area contributed by atoms with Gasteiger partial charge in [-0.15, -0.1) is 5.10 Å². The Hall–Kier alpha value is -2.15. The smallest absolute Gasteiger partial charge is 0.319 e. The van der Waals surface area contributed by atoms with E-state index in [-0.39, 0.29) is 6.03 Å². The van der Waals surface area contributed by atoms with Crippen molar-refractivity contribution >= 4 is 22.8 Å². The van der Waals surface area contributed by atoms with E-state index in [1.165, 1.54) is 0 Å². The van der Waals surface area contributed by atoms with Crippen LogP contribution in [0, 0.1) is 0 Å². The molecule has 0 spiro atoms. The van der Waals surface area contributed by atoms with Crippen molar-refractivity contribution in [3.05, 3.63) is 18.2 Å². The number of fused-ring (bicyclic) bond motifs is 1. The van der Waals surface area contributed by atoms with E-state index in [0.717, 1.165) is 29.7 Å². The molecule has 20 heavy (non-hydrogen) atoms. The number of carbonyl (C=O) groups excluding carboxylic acids is 1. The molecule has 1 aromatic carbocycles. The average molecular weight is 274 g/mol. The van der Waals surface area contributed by atoms with Gasteiger partial charge in [-0.05, 0) is 38.2 Å². The maximum atomic E-state index is 11.8. The molecule has 2 amide bonds. The van der Waals surface area contributed by atoms with Crippen LogP contribution in [-0.2, 0) is 7.05 Å². The summed E-state index contributed by atoms with van der Waals surface area (Å²) in [6.07, 6.45) is 1.14. The number of rotatable bonds is 3. The SMILES string of the molecule is CN1CCC1CNC(=O)Nc1ccc2c(c1)nnn2C. The van der Waals surface area contributed by atoms with E-state index < -0.39 is 0 Å². The van der Waals surface area contributed by atoms with E-state index in [1.807, 2.05) is 25.2 Å². The Morgan fingerprint density at radius 1 is 1.45 bits per heavy atom. The highest BCUT2D eigenvalue weighted by Crippen LogP contribution is 2.16. The summed E-state index contributed by atoms with van der Waals surface area (Å²) in [7, 11) is 3.90. The van der Waals surface area contributed by atoms with Crippen molar-refractivity contribution < 1.29 is 4.79 Å². The van der Waals surface area contributed by atoms with Gasteiger partial charge in [-0.25, -0.2) is 9.48 Å². The molecule has 2 aromatic rings. The Labute approximate surface area is 116 Å². The largest absolute Gasteiger partial charge is 0.336 e. The summed E-state index contributed by atoms with van der Waals surface area (Å²) in [5.74, 6) is 0. The van der Waals surface area contributed by atoms with Crippen LogP contribution in [0.3, 0.4) is 0 Å². The van der Waals surface area contributed by atoms with E-state index in [9.17, 15) is 4.79 Å². The van der Waals surface area contributed by atoms with Crippen molar-refractivity contribution in [3.63, 3.8) is 0 Å². The predicted molar refractivity (Wildman–Crippen MR) is 76.6 cm³/mol. The van der Waals surface area contributed by atoms with Gasteiger partial charge in [0, 0.05) is 25.3 Å². The van der Waals surface area contributed by atoms with Crippen molar-refractivity contribution in [2.24, 2.45) is 7.05 Å². The van der Waals surface area contributed by atoms with Crippen LogP contribution >= 0.6 is 0 Å². The highest BCUT2D eigenvalue weighted by molar-refractivity contribution is 5.91. The van der Waals surface area contributed by atoms with Gasteiger partial charge in [0.2, 0.25) is 0 Å². The Morgan fingerprint density at radius 2 is 2.30 bits per heavy atom. The number of nitrogens with one attached hydrogen (secondary N) is 2. The summed E-state index contributed by atoms with van der Waals surface area (Å²) in [6.45, 7) is 1.78. The fraction of sp³-hybridized carbons (Fsp3) is 0.462. The summed E-state index contributed by atoms with van der Waals surface area (Å²) < 4.78 is 1.70. The van der Waals surface area contributed by atoms with Crippen LogP contribution in [0.1, 0.15) is 6.42 Å². The molecule has 1 aliphatic heterocycles. The predicted octanol–water partition coefficient (Wildman–Crippen LogP) is 0.794. The van der Waals surface area contributed by atoms with Gasteiger partial charge in [-0.1, -0.05) is 5.21 Å². The molecule has 2 heterocycles. The summed E-state index contributed by atoms with van der Waals surface area (Å²) >= 11 is 0. The van der Waals surface area contributed by atoms with Crippen LogP contribution in [0.4, 0.5) is 10.5 Å². The van der Waals surface area contributed by atoms with Crippen LogP contribution in [0.2, 0.25) is 0 Å². The second kappa shape index (κ2) is 5.09. The molecule has 1 atom stereocenters. The van der Waals surface area contributed by atoms with Gasteiger partial charge >= 0.3 is 6.03 Å². The molecule has 3 rings (SSSR count). The number of anilines is 1. The number of likely N-dealkylation sites (N-methyl/N-ethyl adjacent to an activating group) is 1. The minimum Gasteiger partial charge on any atom is -0.336 e. The van der Waals surface area contributed by atoms with E-state index in [0.29, 0.717) is 12.6 Å². The summed E-state index contributed by atoms with van der Waals surface area (Å²) in [6, 6.07) is 5.83. The normalized spacial score (nSPS) is 18.8. The third kappa shape index (κ3) is 2.44. The molecule has 0 aliphatic carbocycles. The molecular weight excluding hydrogens is 256 g/mol. The maximum absolute atomic E-state index is 11.8. The van der Waals surface area contributed by atoms with Crippen LogP contribution in [0.25, 0.3) is 11.0 Å². The first-order valence-electron chi connectivity index (χ1n) is 6.68. The number of urea groups is 1. The molecule has 1 saturated heterocycles. The van der Waals surface area contributed by atoms with Crippen LogP contribution in [0.5, 0.6) is 0 Å². The van der Waals surface area contributed by atoms with E-state index in [4.69, 9.17) is 0 Å². The third-order valence-corrected chi connectivity index (χ3v) is 3.81. The fourth-order valence-electron chi connectivity index (χ4n) is 2.33. The van der Waals surface area contributed by atoms with Gasteiger partial charge in [0.05, 0.1) is 5.52 Å². The minimum atomic E-state index is -0.187. The first kappa shape index (κ1) is 12.9. The number of aryl methyl sites for hydroxylation is 1. The zero-order chi connectivity index (χ0) is 14.1. The molecule has 1 aliphatic rings. The number of aromatic nitrogens is 3. The van der Waals surface area contributed by atoms with Crippen LogP contribution in [-0.4, -0.2) is 52.1 Å². The van der Waals surface area contributed by atoms with E-state index >= 15 is 0 Å². The molecule has 7 nitrogen and oxygen atoms in total. The molecule has 106 valence electrons. The number of benzene rings is 1. The maximum Gasteiger partial charge on any atom is 0.319 e. The van der Waals surface area contributed by atoms with Gasteiger partial charge in [-0.2, -0.15) is 0 Å². The molecular formula is C13H18N6O. The average Bonchev–Trinajstić information content (AvgIpc) is 2.78. The lowest BCUT2D eigenvalue weighted by atomic mass is 10.1. The van der Waals surface area contributed by atoms with Gasteiger partial charge in [0.15, 0.2) is 0 Å². The summed E-state index contributed by atoms with van der Waals surface area (Å²) in [5, 5.41) is 13.7. The van der Waals surface area contributed by atoms with Crippen molar-refractivity contribution in [1.29, 1.82) is 0 Å². The second-order valence-corrected chi connectivity index (χ2v) is 5.17. The topological polar surface area (TPSA) is 75.1 Å². The highest BCUT2D eigenvalue weighted by Gasteiger charge is 2.23. The van der Waals surface area contributed by atoms with Gasteiger partial charge in [0.25, 0.3) is 0 Å². The monoisotopic (exact) mass is 274 g/mol. The van der Waals surface area contributed by atoms with Crippen molar-refractivity contribution in [3.8, 4) is 0 Å². The van der Waals surface area contributed by atoms with Crippen LogP contribution < -0.4 is 10.6 Å². The first-order valence-corrected chi connectivity index (χ1v) is 6.68. The molecule has 1 fully saturated rings. The molecule has 0 saturated carbocycles. The lowest BCUT2D eigenvalue weighted by Gasteiger charge is -2.37. The lowest BCUT2D eigenvalue weighted by molar-refractivity contribution is 0.127. The van der Waals surface area contributed by atoms with Gasteiger partial charge in [0.1, 0.15) is 5.52 Å². The summed E-state index contributed by atoms with van der Waals surface area (Å²) in [4.78, 5) is 14.1. The number of carbonyl (C=O) groups is 1. The zero-order valence-electron chi connectivity index (χ0n) is 11.6. The lowest BCUT2D eigenvalue weighted by Crippen LogP contribution is -2.51. The number of hydrogen-bond acceptors (Lipinski definition) is 4. The minimum absolute atomic E-state index is 0.187. The Bertz CT molecular complexity index is 637. The zero-order valence-corrected chi connectivity index (χ0v) is 11.6. The number of nitrogens with zero attached hydrogens (tertiary/aromatic N) is 4. The molecule has 2 N–H and O–H groups in total. The Balaban J connectivity index is 1.59. The Kier molecular flexibility index (Phi) is 3.27. The van der Waals surface area contributed by atoms with Crippen LogP contribution in [0.15, 0.2) is 18.2 Å². The van der Waals surface area contributed by atoms with Gasteiger partial charge < -0.3 is 15.5 Å². The molecule has 7 heteroatoms. The number of likely N-dealkylation sites (tertiary alicyclic amines) is 1. The quantitative estimate of drug-likeness (QED) is 0.868. The van der Waals surface area contributed by atoms with E-state index in [2.05, 4.69) is 32.9 Å². The van der Waals surface area contributed by atoms with E-state index in [1.54, 1.807) is 4.68 Å². The molecule has 1 unspecified atom stereocenters. The second-order valence-electron chi connectivity index (χ2n) is 5.17. The highest BCUT2D eigenvalue weighted by atomic mass is 16.2. The molecule has 1 aromatic heterocycles. The standard InChI is InChI=1S/C13H18N6O/c1-18-6-5-10(18)8-14-13(20)15-9-3-4-12-11(7-9)16-17-19(12)2/h3-4,7,10H,5-6,8H2,1-2H3,(H2,14,15,20). The fourth-order valence-corrected chi connectivity index (χ4v) is 2.33. The van der Waals surface area contributed by atoms with Crippen molar-refractivity contribution in [2.45, 2.75) is 12.5 Å². The van der Waals surface area contributed by atoms with Gasteiger partial charge in [-0.3, -0.25) is 0 Å². The molecule has 0 radical (unpaired) electrons. The number of amides is 2. The van der Waals surface area contributed by atoms with Crippen molar-refractivity contribution in [1.82, 2.24) is 25.2 Å². The first-order chi connectivity index (χ1) is 9.63. The Morgan fingerprint density at radius 3 is 3.00 bits per heavy atom. The summed E-state index contributed by atoms with van der Waals surface area (Å²) in [5.41, 5.74) is 2.42. The third-order valence-electron chi connectivity index (χ3n) is 3.81. The number of hydrogen-bond donors (Lipinski definition) is 2. The molecule has 0 bridgehead atoms.